The minimum atomic E-state index is -0.257. The minimum absolute atomic E-state index is 0.0490. The van der Waals surface area contributed by atoms with Crippen molar-refractivity contribution < 1.29 is 14.0 Å². The Morgan fingerprint density at radius 1 is 1.27 bits per heavy atom. The molecule has 1 atom stereocenters. The van der Waals surface area contributed by atoms with Crippen LogP contribution in [0.2, 0.25) is 0 Å². The quantitative estimate of drug-likeness (QED) is 0.776. The van der Waals surface area contributed by atoms with Crippen LogP contribution < -0.4 is 0 Å². The number of carbonyl (C=O) groups excluding carboxylic acids is 2. The third-order valence-corrected chi connectivity index (χ3v) is 5.07. The van der Waals surface area contributed by atoms with E-state index < -0.39 is 0 Å². The molecule has 2 amide bonds. The lowest BCUT2D eigenvalue weighted by Gasteiger charge is -2.23. The molecular formula is C18H22N4O3S. The summed E-state index contributed by atoms with van der Waals surface area (Å²) in [7, 11) is 5.15. The molecule has 0 bridgehead atoms. The van der Waals surface area contributed by atoms with Gasteiger partial charge in [-0.15, -0.1) is 11.3 Å². The summed E-state index contributed by atoms with van der Waals surface area (Å²) in [6.45, 7) is 0.289. The molecule has 1 aliphatic rings. The van der Waals surface area contributed by atoms with Crippen LogP contribution in [0.25, 0.3) is 0 Å². The molecule has 3 rings (SSSR count). The molecule has 0 N–H and O–H groups in total. The molecule has 1 unspecified atom stereocenters. The fraction of sp³-hybridized carbons (Fsp3) is 0.389. The average molecular weight is 374 g/mol. The van der Waals surface area contributed by atoms with Crippen LogP contribution in [0.3, 0.4) is 0 Å². The summed E-state index contributed by atoms with van der Waals surface area (Å²) in [5, 5.41) is 8.05. The fourth-order valence-electron chi connectivity index (χ4n) is 2.77. The van der Waals surface area contributed by atoms with Crippen molar-refractivity contribution in [3.63, 3.8) is 0 Å². The second-order valence-corrected chi connectivity index (χ2v) is 7.41. The van der Waals surface area contributed by atoms with E-state index in [1.54, 1.807) is 43.6 Å². The van der Waals surface area contributed by atoms with Crippen molar-refractivity contribution in [1.82, 2.24) is 14.8 Å². The molecule has 26 heavy (non-hydrogen) atoms. The van der Waals surface area contributed by atoms with Gasteiger partial charge in [0, 0.05) is 20.5 Å². The Bertz CT molecular complexity index is 783. The predicted molar refractivity (Wildman–Crippen MR) is 100.0 cm³/mol. The first-order valence-corrected chi connectivity index (χ1v) is 9.19. The van der Waals surface area contributed by atoms with Gasteiger partial charge in [0.1, 0.15) is 11.8 Å². The Balaban J connectivity index is 1.75. The normalized spacial score (nSPS) is 16.8. The van der Waals surface area contributed by atoms with Crippen LogP contribution in [0.15, 0.2) is 45.4 Å². The number of rotatable bonds is 6. The molecule has 8 heteroatoms. The van der Waals surface area contributed by atoms with Crippen LogP contribution in [0.5, 0.6) is 0 Å². The number of amides is 2. The molecule has 0 spiro atoms. The zero-order valence-corrected chi connectivity index (χ0v) is 15.9. The van der Waals surface area contributed by atoms with Crippen LogP contribution in [-0.2, 0) is 9.59 Å². The van der Waals surface area contributed by atoms with E-state index >= 15 is 0 Å². The summed E-state index contributed by atoms with van der Waals surface area (Å²) in [5.41, 5.74) is 0.877. The van der Waals surface area contributed by atoms with Crippen LogP contribution in [0.4, 0.5) is 0 Å². The van der Waals surface area contributed by atoms with E-state index in [0.29, 0.717) is 12.2 Å². The summed E-state index contributed by atoms with van der Waals surface area (Å²) in [6, 6.07) is 7.38. The van der Waals surface area contributed by atoms with E-state index in [2.05, 4.69) is 5.10 Å². The Morgan fingerprint density at radius 2 is 2.08 bits per heavy atom. The van der Waals surface area contributed by atoms with Gasteiger partial charge in [-0.1, -0.05) is 6.07 Å². The number of hydrogen-bond acceptors (Lipinski definition) is 6. The topological polar surface area (TPSA) is 69.4 Å². The van der Waals surface area contributed by atoms with Crippen LogP contribution in [0, 0.1) is 0 Å². The molecule has 0 fully saturated rings. The van der Waals surface area contributed by atoms with E-state index in [1.165, 1.54) is 9.91 Å². The summed E-state index contributed by atoms with van der Waals surface area (Å²) in [6.07, 6.45) is 2.21. The summed E-state index contributed by atoms with van der Waals surface area (Å²) < 4.78 is 5.53. The fourth-order valence-corrected chi connectivity index (χ4v) is 3.49. The van der Waals surface area contributed by atoms with Crippen molar-refractivity contribution in [3.8, 4) is 0 Å². The van der Waals surface area contributed by atoms with Crippen molar-refractivity contribution >= 4 is 28.9 Å². The lowest BCUT2D eigenvalue weighted by atomic mass is 10.1. The number of furan rings is 1. The molecule has 3 heterocycles. The van der Waals surface area contributed by atoms with Crippen molar-refractivity contribution in [3.05, 3.63) is 46.5 Å². The van der Waals surface area contributed by atoms with E-state index in [4.69, 9.17) is 4.42 Å². The van der Waals surface area contributed by atoms with Gasteiger partial charge < -0.3 is 9.32 Å². The standard InChI is InChI=1S/C18H22N4O3S/c1-20(2)17(23)11-21(3)12-18(24)22-14(15-6-4-8-25-15)10-13(19-22)16-7-5-9-26-16/h4-9,14H,10-12H2,1-3H3. The van der Waals surface area contributed by atoms with E-state index in [-0.39, 0.29) is 30.9 Å². The minimum Gasteiger partial charge on any atom is -0.467 e. The second-order valence-electron chi connectivity index (χ2n) is 6.46. The number of thiophene rings is 1. The maximum atomic E-state index is 12.8. The summed E-state index contributed by atoms with van der Waals surface area (Å²) >= 11 is 1.60. The second kappa shape index (κ2) is 7.84. The molecule has 0 radical (unpaired) electrons. The maximum Gasteiger partial charge on any atom is 0.257 e. The van der Waals surface area contributed by atoms with Crippen LogP contribution in [0.1, 0.15) is 23.1 Å². The molecular weight excluding hydrogens is 352 g/mol. The van der Waals surface area contributed by atoms with Gasteiger partial charge in [-0.05, 0) is 30.6 Å². The van der Waals surface area contributed by atoms with Gasteiger partial charge in [0.2, 0.25) is 5.91 Å². The molecule has 0 aliphatic carbocycles. The lowest BCUT2D eigenvalue weighted by molar-refractivity contribution is -0.135. The number of hydrazone groups is 1. The van der Waals surface area contributed by atoms with E-state index in [9.17, 15) is 9.59 Å². The van der Waals surface area contributed by atoms with Crippen LogP contribution in [-0.4, -0.2) is 66.6 Å². The van der Waals surface area contributed by atoms with Crippen molar-refractivity contribution in [1.29, 1.82) is 0 Å². The molecule has 0 saturated heterocycles. The Morgan fingerprint density at radius 3 is 2.69 bits per heavy atom. The first-order chi connectivity index (χ1) is 12.5. The first-order valence-electron chi connectivity index (χ1n) is 8.31. The number of likely N-dealkylation sites (N-methyl/N-ethyl adjacent to an activating group) is 2. The monoisotopic (exact) mass is 374 g/mol. The van der Waals surface area contributed by atoms with Gasteiger partial charge in [0.25, 0.3) is 5.91 Å². The lowest BCUT2D eigenvalue weighted by Crippen LogP contribution is -2.41. The van der Waals surface area contributed by atoms with Gasteiger partial charge >= 0.3 is 0 Å². The molecule has 7 nitrogen and oxygen atoms in total. The molecule has 2 aromatic rings. The van der Waals surface area contributed by atoms with Crippen molar-refractivity contribution in [2.75, 3.05) is 34.2 Å². The third kappa shape index (κ3) is 4.03. The highest BCUT2D eigenvalue weighted by Crippen LogP contribution is 2.34. The Hall–Kier alpha value is -2.45. The molecule has 2 aromatic heterocycles. The van der Waals surface area contributed by atoms with E-state index in [0.717, 1.165) is 10.6 Å². The van der Waals surface area contributed by atoms with Crippen LogP contribution >= 0.6 is 11.3 Å². The predicted octanol–water partition coefficient (Wildman–Crippen LogP) is 2.04. The highest BCUT2D eigenvalue weighted by molar-refractivity contribution is 7.12. The number of carbonyl (C=O) groups is 2. The third-order valence-electron chi connectivity index (χ3n) is 4.15. The molecule has 1 aliphatic heterocycles. The largest absolute Gasteiger partial charge is 0.467 e. The van der Waals surface area contributed by atoms with Gasteiger partial charge in [-0.2, -0.15) is 5.10 Å². The van der Waals surface area contributed by atoms with Gasteiger partial charge in [-0.25, -0.2) is 5.01 Å². The van der Waals surface area contributed by atoms with Gasteiger partial charge in [0.05, 0.1) is 29.9 Å². The van der Waals surface area contributed by atoms with Gasteiger partial charge in [-0.3, -0.25) is 14.5 Å². The highest BCUT2D eigenvalue weighted by atomic mass is 32.1. The summed E-state index contributed by atoms with van der Waals surface area (Å²) in [5.74, 6) is 0.500. The SMILES string of the molecule is CN(CC(=O)N(C)C)CC(=O)N1N=C(c2cccs2)CC1c1ccco1. The molecule has 0 aromatic carbocycles. The first kappa shape index (κ1) is 18.3. The smallest absolute Gasteiger partial charge is 0.257 e. The zero-order chi connectivity index (χ0) is 18.7. The van der Waals surface area contributed by atoms with E-state index in [1.807, 2.05) is 29.6 Å². The number of nitrogens with zero attached hydrogens (tertiary/aromatic N) is 4. The molecule has 138 valence electrons. The Labute approximate surface area is 156 Å². The van der Waals surface area contributed by atoms with Crippen molar-refractivity contribution in [2.45, 2.75) is 12.5 Å². The maximum absolute atomic E-state index is 12.8. The zero-order valence-electron chi connectivity index (χ0n) is 15.1. The van der Waals surface area contributed by atoms with Gasteiger partial charge in [0.15, 0.2) is 0 Å². The Kier molecular flexibility index (Phi) is 5.53. The average Bonchev–Trinajstić information content (AvgIpc) is 3.33. The highest BCUT2D eigenvalue weighted by Gasteiger charge is 2.35. The molecule has 0 saturated carbocycles. The summed E-state index contributed by atoms with van der Waals surface area (Å²) in [4.78, 5) is 28.9. The van der Waals surface area contributed by atoms with Crippen molar-refractivity contribution in [2.24, 2.45) is 5.10 Å². The number of hydrogen-bond donors (Lipinski definition) is 0.